The van der Waals surface area contributed by atoms with Crippen LogP contribution >= 0.6 is 15.9 Å². The molecule has 1 heterocycles. The Morgan fingerprint density at radius 2 is 1.86 bits per heavy atom. The zero-order valence-corrected chi connectivity index (χ0v) is 25.9. The normalized spacial score (nSPS) is 18.0. The molecule has 0 aliphatic carbocycles. The van der Waals surface area contributed by atoms with Crippen LogP contribution in [0.5, 0.6) is 11.5 Å². The number of amides is 1. The van der Waals surface area contributed by atoms with Crippen LogP contribution in [0.1, 0.15) is 35.6 Å². The Bertz CT molecular complexity index is 1350. The Morgan fingerprint density at radius 3 is 2.57 bits per heavy atom. The van der Waals surface area contributed by atoms with Crippen LogP contribution in [0.25, 0.3) is 0 Å². The maximum atomic E-state index is 14.2. The van der Waals surface area contributed by atoms with Crippen molar-refractivity contribution in [2.45, 2.75) is 30.9 Å². The van der Waals surface area contributed by atoms with Gasteiger partial charge in [-0.15, -0.1) is 0 Å². The first-order valence-electron chi connectivity index (χ1n) is 14.0. The minimum atomic E-state index is -1.34. The Labute approximate surface area is 256 Å². The summed E-state index contributed by atoms with van der Waals surface area (Å²) < 4.78 is 18.7. The molecule has 1 amide bonds. The highest BCUT2D eigenvalue weighted by atomic mass is 79.9. The molecule has 0 aromatic heterocycles. The van der Waals surface area contributed by atoms with E-state index in [0.717, 1.165) is 34.1 Å². The summed E-state index contributed by atoms with van der Waals surface area (Å²) in [7, 11) is 5.65. The average molecular weight is 640 g/mol. The molecule has 10 heteroatoms. The van der Waals surface area contributed by atoms with Crippen LogP contribution in [0, 0.1) is 0 Å². The van der Waals surface area contributed by atoms with Gasteiger partial charge in [-0.2, -0.15) is 0 Å². The van der Waals surface area contributed by atoms with Crippen molar-refractivity contribution in [1.29, 1.82) is 0 Å². The number of aliphatic hydroxyl groups excluding tert-OH is 1. The van der Waals surface area contributed by atoms with Gasteiger partial charge in [-0.1, -0.05) is 46.3 Å². The van der Waals surface area contributed by atoms with E-state index in [1.165, 1.54) is 0 Å². The molecule has 0 fully saturated rings. The standard InChI is InChI=1S/C32H39BrN4O5/c1-37(2)18-7-17-34-36-31(39)32(22-25-9-4-5-12-28(25)33)29(24-10-6-11-27(21-24)40-3)42-30(35-32)23-13-15-26(16-14-23)41-20-8-19-38/h4-6,9-16,21,29,34,38H,7-8,17-20,22H2,1-3H3,(H,36,39)/t29-,32-/m0/s1. The smallest absolute Gasteiger partial charge is 0.266 e. The molecule has 1 aliphatic heterocycles. The van der Waals surface area contributed by atoms with Gasteiger partial charge in [0.2, 0.25) is 5.90 Å². The molecule has 0 saturated carbocycles. The lowest BCUT2D eigenvalue weighted by molar-refractivity contribution is -0.130. The molecular formula is C32H39BrN4O5. The van der Waals surface area contributed by atoms with E-state index >= 15 is 0 Å². The summed E-state index contributed by atoms with van der Waals surface area (Å²) in [5, 5.41) is 9.04. The van der Waals surface area contributed by atoms with Gasteiger partial charge in [0, 0.05) is 36.0 Å². The fourth-order valence-corrected chi connectivity index (χ4v) is 5.18. The van der Waals surface area contributed by atoms with Crippen LogP contribution in [-0.4, -0.2) is 74.9 Å². The van der Waals surface area contributed by atoms with Gasteiger partial charge in [0.25, 0.3) is 5.91 Å². The van der Waals surface area contributed by atoms with Gasteiger partial charge in [0.15, 0.2) is 11.6 Å². The van der Waals surface area contributed by atoms with Gasteiger partial charge >= 0.3 is 0 Å². The van der Waals surface area contributed by atoms with Crippen molar-refractivity contribution in [3.05, 3.63) is 94.0 Å². The first-order chi connectivity index (χ1) is 20.4. The summed E-state index contributed by atoms with van der Waals surface area (Å²) in [5.41, 5.74) is 7.12. The second-order valence-electron chi connectivity index (χ2n) is 10.4. The van der Waals surface area contributed by atoms with Crippen molar-refractivity contribution in [3.63, 3.8) is 0 Å². The predicted molar refractivity (Wildman–Crippen MR) is 167 cm³/mol. The average Bonchev–Trinajstić information content (AvgIpc) is 3.39. The minimum Gasteiger partial charge on any atom is -0.497 e. The van der Waals surface area contributed by atoms with Crippen LogP contribution in [-0.2, 0) is 16.0 Å². The third-order valence-electron chi connectivity index (χ3n) is 6.95. The molecule has 3 aromatic rings. The molecule has 4 rings (SSSR count). The largest absolute Gasteiger partial charge is 0.497 e. The van der Waals surface area contributed by atoms with Crippen LogP contribution in [0.3, 0.4) is 0 Å². The monoisotopic (exact) mass is 638 g/mol. The molecule has 3 aromatic carbocycles. The summed E-state index contributed by atoms with van der Waals surface area (Å²) in [4.78, 5) is 21.4. The summed E-state index contributed by atoms with van der Waals surface area (Å²) >= 11 is 3.67. The van der Waals surface area contributed by atoms with Gasteiger partial charge < -0.3 is 24.2 Å². The molecule has 2 atom stereocenters. The van der Waals surface area contributed by atoms with Crippen molar-refractivity contribution >= 4 is 27.7 Å². The van der Waals surface area contributed by atoms with E-state index in [4.69, 9.17) is 24.3 Å². The number of carbonyl (C=O) groups excluding carboxylic acids is 1. The van der Waals surface area contributed by atoms with Gasteiger partial charge in [0.1, 0.15) is 11.5 Å². The molecule has 1 aliphatic rings. The van der Waals surface area contributed by atoms with E-state index in [1.54, 1.807) is 7.11 Å². The molecule has 0 radical (unpaired) electrons. The quantitative estimate of drug-likeness (QED) is 0.168. The molecule has 42 heavy (non-hydrogen) atoms. The number of nitrogens with one attached hydrogen (secondary N) is 2. The van der Waals surface area contributed by atoms with Crippen molar-refractivity contribution in [2.24, 2.45) is 4.99 Å². The molecule has 0 saturated heterocycles. The number of ether oxygens (including phenoxy) is 3. The minimum absolute atomic E-state index is 0.0700. The first-order valence-corrected chi connectivity index (χ1v) is 14.8. The van der Waals surface area contributed by atoms with Gasteiger partial charge in [-0.25, -0.2) is 10.4 Å². The van der Waals surface area contributed by atoms with Crippen molar-refractivity contribution < 1.29 is 24.1 Å². The highest BCUT2D eigenvalue weighted by Crippen LogP contribution is 2.44. The third kappa shape index (κ3) is 7.89. The number of benzene rings is 3. The number of halogens is 1. The van der Waals surface area contributed by atoms with Crippen LogP contribution in [0.15, 0.2) is 82.3 Å². The molecule has 224 valence electrons. The number of hydrogen-bond acceptors (Lipinski definition) is 8. The Hall–Kier alpha value is -3.44. The maximum Gasteiger partial charge on any atom is 0.266 e. The SMILES string of the molecule is COc1cccc([C@@H]2OC(c3ccc(OCCCO)cc3)=N[C@]2(Cc2ccccc2Br)C(=O)NNCCCN(C)C)c1. The highest BCUT2D eigenvalue weighted by Gasteiger charge is 2.53. The zero-order chi connectivity index (χ0) is 30.0. The van der Waals surface area contributed by atoms with Crippen LogP contribution < -0.4 is 20.3 Å². The number of nitrogens with zero attached hydrogens (tertiary/aromatic N) is 2. The second kappa shape index (κ2) is 15.2. The van der Waals surface area contributed by atoms with Gasteiger partial charge in [0.05, 0.1) is 13.7 Å². The fraction of sp³-hybridized carbons (Fsp3) is 0.375. The molecule has 9 nitrogen and oxygen atoms in total. The Kier molecular flexibility index (Phi) is 11.4. The van der Waals surface area contributed by atoms with Crippen molar-refractivity contribution in [3.8, 4) is 11.5 Å². The van der Waals surface area contributed by atoms with E-state index in [9.17, 15) is 4.79 Å². The van der Waals surface area contributed by atoms with Gasteiger partial charge in [-0.05, 0) is 80.7 Å². The number of rotatable bonds is 15. The number of hydrogen-bond donors (Lipinski definition) is 3. The fourth-order valence-electron chi connectivity index (χ4n) is 4.75. The third-order valence-corrected chi connectivity index (χ3v) is 7.73. The second-order valence-corrected chi connectivity index (χ2v) is 11.2. The van der Waals surface area contributed by atoms with Gasteiger partial charge in [-0.3, -0.25) is 10.2 Å². The van der Waals surface area contributed by atoms with E-state index in [-0.39, 0.29) is 18.9 Å². The highest BCUT2D eigenvalue weighted by molar-refractivity contribution is 9.10. The molecule has 0 unspecified atom stereocenters. The number of methoxy groups -OCH3 is 1. The number of carbonyl (C=O) groups is 1. The molecule has 3 N–H and O–H groups in total. The summed E-state index contributed by atoms with van der Waals surface area (Å²) in [6.45, 7) is 1.99. The topological polar surface area (TPSA) is 105 Å². The van der Waals surface area contributed by atoms with E-state index in [2.05, 4.69) is 31.7 Å². The van der Waals surface area contributed by atoms with Crippen LogP contribution in [0.2, 0.25) is 0 Å². The number of aliphatic hydroxyl groups is 1. The molecule has 0 bridgehead atoms. The van der Waals surface area contributed by atoms with Crippen LogP contribution in [0.4, 0.5) is 0 Å². The molecular weight excluding hydrogens is 600 g/mol. The number of aliphatic imine (C=N–C) groups is 1. The maximum absolute atomic E-state index is 14.2. The van der Waals surface area contributed by atoms with Crippen molar-refractivity contribution in [1.82, 2.24) is 15.8 Å². The lowest BCUT2D eigenvalue weighted by Gasteiger charge is -2.31. The first kappa shape index (κ1) is 31.5. The van der Waals surface area contributed by atoms with E-state index < -0.39 is 11.6 Å². The molecule has 0 spiro atoms. The van der Waals surface area contributed by atoms with E-state index in [0.29, 0.717) is 37.0 Å². The summed E-state index contributed by atoms with van der Waals surface area (Å²) in [6, 6.07) is 22.8. The zero-order valence-electron chi connectivity index (χ0n) is 24.3. The van der Waals surface area contributed by atoms with Crippen molar-refractivity contribution in [2.75, 3.05) is 47.5 Å². The lowest BCUT2D eigenvalue weighted by Crippen LogP contribution is -2.54. The summed E-state index contributed by atoms with van der Waals surface area (Å²) in [5.74, 6) is 1.40. The predicted octanol–water partition coefficient (Wildman–Crippen LogP) is 4.29. The Balaban J connectivity index is 1.73. The van der Waals surface area contributed by atoms with E-state index in [1.807, 2.05) is 86.9 Å². The number of hydrazine groups is 1. The lowest BCUT2D eigenvalue weighted by atomic mass is 9.82. The Morgan fingerprint density at radius 1 is 1.07 bits per heavy atom. The summed E-state index contributed by atoms with van der Waals surface area (Å²) in [6.07, 6.45) is 0.962.